The number of para-hydroxylation sites is 1. The van der Waals surface area contributed by atoms with Crippen molar-refractivity contribution in [2.45, 2.75) is 0 Å². The maximum atomic E-state index is 4.01. The maximum Gasteiger partial charge on any atom is 0.0442 e. The van der Waals surface area contributed by atoms with Gasteiger partial charge in [0, 0.05) is 5.82 Å². The van der Waals surface area contributed by atoms with Gasteiger partial charge >= 0.3 is 0 Å². The summed E-state index contributed by atoms with van der Waals surface area (Å²) in [7, 11) is 2.57. The molecule has 1 unspecified atom stereocenters. The third-order valence-corrected chi connectivity index (χ3v) is 2.32. The third-order valence-electron chi connectivity index (χ3n) is 1.75. The van der Waals surface area contributed by atoms with Gasteiger partial charge in [0.1, 0.15) is 0 Å². The van der Waals surface area contributed by atoms with Crippen LogP contribution in [0.5, 0.6) is 0 Å². The standard InChI is InChI=1S/C9H8N2P.Rf/c1-7-10-6-8-4-2-3-5-9(8)11(7)12;/h2-5H,1,12H2;/q-1;. The molecule has 0 bridgehead atoms. The SMILES string of the molecule is C=C1N=[C-]c2ccccc2N1P.[Rf]. The second kappa shape index (κ2) is 3.08. The van der Waals surface area contributed by atoms with E-state index in [1.54, 1.807) is 0 Å². The molecule has 0 spiro atoms. The molecule has 0 radical (unpaired) electrons. The van der Waals surface area contributed by atoms with Gasteiger partial charge in [0.15, 0.2) is 0 Å². The van der Waals surface area contributed by atoms with Crippen LogP contribution >= 0.6 is 9.39 Å². The Morgan fingerprint density at radius 3 is 2.85 bits per heavy atom. The molecule has 1 aliphatic rings. The van der Waals surface area contributed by atoms with Crippen LogP contribution in [-0.4, -0.2) is 6.21 Å². The van der Waals surface area contributed by atoms with Crippen LogP contribution in [0.25, 0.3) is 0 Å². The monoisotopic (exact) mass is 442 g/mol. The Bertz CT molecular complexity index is 362. The fourth-order valence-corrected chi connectivity index (χ4v) is 1.38. The number of aliphatic imine (C=N–C) groups is 1. The summed E-state index contributed by atoms with van der Waals surface area (Å²) in [4.78, 5) is 4.01. The summed E-state index contributed by atoms with van der Waals surface area (Å²) in [6.45, 7) is 3.77. The van der Waals surface area contributed by atoms with Crippen LogP contribution in [0.4, 0.5) is 5.69 Å². The van der Waals surface area contributed by atoms with E-state index in [1.165, 1.54) is 0 Å². The zero-order valence-electron chi connectivity index (χ0n) is 7.20. The maximum absolute atomic E-state index is 4.01. The first-order valence-corrected chi connectivity index (χ1v) is 4.10. The molecule has 1 aromatic rings. The van der Waals surface area contributed by atoms with Gasteiger partial charge in [-0.25, -0.2) is 0 Å². The molecule has 2 nitrogen and oxygen atoms in total. The average Bonchev–Trinajstić information content (AvgIpc) is 2.12. The Labute approximate surface area is 73.9 Å². The van der Waals surface area contributed by atoms with E-state index in [0.29, 0.717) is 5.82 Å². The minimum atomic E-state index is 0. The number of rotatable bonds is 0. The van der Waals surface area contributed by atoms with Crippen LogP contribution in [0.2, 0.25) is 0 Å². The molecule has 13 heavy (non-hydrogen) atoms. The van der Waals surface area contributed by atoms with Crippen LogP contribution in [-0.2, 0) is 0 Å². The molecule has 0 amide bonds. The van der Waals surface area contributed by atoms with Crippen molar-refractivity contribution in [2.75, 3.05) is 4.67 Å². The Hall–Kier alpha value is -2.14. The van der Waals surface area contributed by atoms with E-state index in [0.717, 1.165) is 11.3 Å². The van der Waals surface area contributed by atoms with Crippen LogP contribution in [0, 0.1) is 0 Å². The van der Waals surface area contributed by atoms with Gasteiger partial charge < -0.3 is 9.66 Å². The Morgan fingerprint density at radius 1 is 1.38 bits per heavy atom. The molecule has 1 atom stereocenters. The first kappa shape index (κ1) is 8.95. The van der Waals surface area contributed by atoms with E-state index in [2.05, 4.69) is 27.2 Å². The zero-order chi connectivity index (χ0) is 8.55. The number of benzene rings is 1. The predicted molar refractivity (Wildman–Crippen MR) is 54.3 cm³/mol. The summed E-state index contributed by atoms with van der Waals surface area (Å²) in [5, 5.41) is 0. The molecule has 1 aromatic carbocycles. The van der Waals surface area contributed by atoms with Crippen LogP contribution in [0.3, 0.4) is 0 Å². The molecule has 1 heterocycles. The second-order valence-corrected chi connectivity index (χ2v) is 3.04. The van der Waals surface area contributed by atoms with Crippen molar-refractivity contribution >= 4 is 21.3 Å². The van der Waals surface area contributed by atoms with E-state index < -0.39 is 0 Å². The van der Waals surface area contributed by atoms with Gasteiger partial charge in [-0.05, 0) is 11.9 Å². The Balaban J connectivity index is 0.000000845. The van der Waals surface area contributed by atoms with Crippen LogP contribution in [0.15, 0.2) is 41.7 Å². The molecule has 62 valence electrons. The fraction of sp³-hybridized carbons (Fsp3) is 0. The Kier molecular flexibility index (Phi) is 2.12. The van der Waals surface area contributed by atoms with Gasteiger partial charge in [-0.1, -0.05) is 28.1 Å². The van der Waals surface area contributed by atoms with E-state index in [9.17, 15) is 0 Å². The topological polar surface area (TPSA) is 15.6 Å². The van der Waals surface area contributed by atoms with Crippen molar-refractivity contribution in [1.29, 1.82) is 0 Å². The quantitative estimate of drug-likeness (QED) is 0.444. The molecule has 0 saturated heterocycles. The van der Waals surface area contributed by atoms with Gasteiger partial charge in [0.2, 0.25) is 0 Å². The zero-order valence-corrected chi connectivity index (χ0v) is 14.7. The van der Waals surface area contributed by atoms with Crippen molar-refractivity contribution in [2.24, 2.45) is 4.99 Å². The van der Waals surface area contributed by atoms with Gasteiger partial charge in [0.25, 0.3) is 0 Å². The van der Waals surface area contributed by atoms with Crippen molar-refractivity contribution in [3.8, 4) is 0 Å². The number of anilines is 1. The second-order valence-electron chi connectivity index (χ2n) is 2.53. The summed E-state index contributed by atoms with van der Waals surface area (Å²) in [6, 6.07) is 7.93. The van der Waals surface area contributed by atoms with E-state index in [-0.39, 0.29) is 0 Å². The number of hydrogen-bond donors (Lipinski definition) is 0. The molecule has 0 aliphatic carbocycles. The van der Waals surface area contributed by atoms with E-state index in [1.807, 2.05) is 28.9 Å². The average molecular weight is 442 g/mol. The Morgan fingerprint density at radius 2 is 2.08 bits per heavy atom. The number of fused-ring (bicyclic) bond motifs is 1. The summed E-state index contributed by atoms with van der Waals surface area (Å²) in [5.74, 6) is 0.693. The van der Waals surface area contributed by atoms with Crippen LogP contribution < -0.4 is 4.67 Å². The normalized spacial score (nSPS) is 13.6. The summed E-state index contributed by atoms with van der Waals surface area (Å²) in [6.07, 6.45) is 2.91. The first-order chi connectivity index (χ1) is 5.79. The number of hydrogen-bond acceptors (Lipinski definition) is 2. The van der Waals surface area contributed by atoms with E-state index in [4.69, 9.17) is 0 Å². The number of nitrogens with zero attached hydrogens (tertiary/aromatic N) is 2. The molecular formula is C9H8N2PRf-. The molecule has 0 aromatic heterocycles. The minimum Gasteiger partial charge on any atom is -0.390 e. The van der Waals surface area contributed by atoms with Crippen LogP contribution in [0.1, 0.15) is 5.56 Å². The van der Waals surface area contributed by atoms with Crippen molar-refractivity contribution in [3.63, 3.8) is 0 Å². The van der Waals surface area contributed by atoms with Gasteiger partial charge in [-0.3, -0.25) is 0 Å². The first-order valence-electron chi connectivity index (χ1n) is 3.58. The van der Waals surface area contributed by atoms with Gasteiger partial charge in [-0.15, -0.1) is 17.7 Å². The molecular weight excluding hydrogens is 434 g/mol. The van der Waals surface area contributed by atoms with E-state index >= 15 is 0 Å². The molecule has 0 saturated carbocycles. The largest absolute Gasteiger partial charge is 0.390 e. The molecule has 0 N–H and O–H groups in total. The summed E-state index contributed by atoms with van der Waals surface area (Å²) >= 11 is 0. The van der Waals surface area contributed by atoms with Crippen molar-refractivity contribution in [1.82, 2.24) is 0 Å². The third kappa shape index (κ3) is 1.27. The molecule has 0 fully saturated rings. The van der Waals surface area contributed by atoms with Gasteiger partial charge in [0.05, 0.1) is 0 Å². The van der Waals surface area contributed by atoms with Gasteiger partial charge in [-0.2, -0.15) is 0 Å². The van der Waals surface area contributed by atoms with Crippen molar-refractivity contribution < 1.29 is 0 Å². The summed E-state index contributed by atoms with van der Waals surface area (Å²) in [5.41, 5.74) is 2.07. The van der Waals surface area contributed by atoms with Crippen molar-refractivity contribution in [3.05, 3.63) is 42.2 Å². The minimum absolute atomic E-state index is 0. The predicted octanol–water partition coefficient (Wildman–Crippen LogP) is 2.06. The summed E-state index contributed by atoms with van der Waals surface area (Å²) < 4.78 is 1.87. The molecule has 1 aliphatic heterocycles. The smallest absolute Gasteiger partial charge is 0.0442 e. The molecule has 4 heteroatoms. The molecule has 2 rings (SSSR count). The fourth-order valence-electron chi connectivity index (χ4n) is 1.10.